The molecular weight excluding hydrogens is 314 g/mol. The molecule has 104 valence electrons. The summed E-state index contributed by atoms with van der Waals surface area (Å²) in [5.74, 6) is 0.397. The van der Waals surface area contributed by atoms with Gasteiger partial charge in [-0.2, -0.15) is 0 Å². The van der Waals surface area contributed by atoms with Gasteiger partial charge in [-0.05, 0) is 35.2 Å². The van der Waals surface area contributed by atoms with Gasteiger partial charge in [-0.15, -0.1) is 0 Å². The third-order valence-electron chi connectivity index (χ3n) is 3.11. The first kappa shape index (κ1) is 14.8. The average Bonchev–Trinajstić information content (AvgIpc) is 2.38. The lowest BCUT2D eigenvalue weighted by Crippen LogP contribution is -2.15. The van der Waals surface area contributed by atoms with Crippen molar-refractivity contribution in [1.29, 1.82) is 0 Å². The molecule has 0 radical (unpaired) electrons. The summed E-state index contributed by atoms with van der Waals surface area (Å²) < 4.78 is 0.991. The molecule has 0 aliphatic rings. The van der Waals surface area contributed by atoms with Gasteiger partial charge in [0.05, 0.1) is 6.42 Å². The molecule has 0 fully saturated rings. The highest BCUT2D eigenvalue weighted by Crippen LogP contribution is 2.23. The molecule has 0 heterocycles. The van der Waals surface area contributed by atoms with E-state index in [-0.39, 0.29) is 5.91 Å². The molecule has 2 rings (SSSR count). The van der Waals surface area contributed by atoms with Gasteiger partial charge in [-0.3, -0.25) is 4.79 Å². The molecule has 0 atom stereocenters. The Balaban J connectivity index is 2.09. The first-order valence-corrected chi connectivity index (χ1v) is 7.49. The van der Waals surface area contributed by atoms with Gasteiger partial charge < -0.3 is 5.32 Å². The highest BCUT2D eigenvalue weighted by atomic mass is 79.9. The fourth-order valence-corrected chi connectivity index (χ4v) is 2.59. The number of hydrogen-bond acceptors (Lipinski definition) is 1. The van der Waals surface area contributed by atoms with Gasteiger partial charge in [0.2, 0.25) is 5.91 Å². The summed E-state index contributed by atoms with van der Waals surface area (Å²) in [6.45, 7) is 4.25. The molecule has 2 aromatic carbocycles. The Morgan fingerprint density at radius 2 is 1.90 bits per heavy atom. The van der Waals surface area contributed by atoms with Crippen LogP contribution in [0, 0.1) is 0 Å². The van der Waals surface area contributed by atoms with E-state index in [1.54, 1.807) is 0 Å². The Morgan fingerprint density at radius 3 is 2.60 bits per heavy atom. The zero-order valence-corrected chi connectivity index (χ0v) is 13.3. The SMILES string of the molecule is CC(C)c1ccccc1NC(=O)Cc1cccc(Br)c1. The smallest absolute Gasteiger partial charge is 0.228 e. The second kappa shape index (κ2) is 6.71. The Labute approximate surface area is 128 Å². The number of rotatable bonds is 4. The van der Waals surface area contributed by atoms with Crippen molar-refractivity contribution in [2.75, 3.05) is 5.32 Å². The zero-order valence-electron chi connectivity index (χ0n) is 11.7. The van der Waals surface area contributed by atoms with Crippen LogP contribution in [0.5, 0.6) is 0 Å². The number of amides is 1. The molecule has 2 aromatic rings. The molecule has 0 saturated carbocycles. The molecule has 1 N–H and O–H groups in total. The second-order valence-electron chi connectivity index (χ2n) is 5.10. The molecule has 0 aromatic heterocycles. The van der Waals surface area contributed by atoms with Crippen LogP contribution in [0.3, 0.4) is 0 Å². The van der Waals surface area contributed by atoms with Crippen molar-refractivity contribution in [1.82, 2.24) is 0 Å². The molecule has 0 saturated heterocycles. The number of benzene rings is 2. The van der Waals surface area contributed by atoms with Crippen LogP contribution in [-0.2, 0) is 11.2 Å². The number of anilines is 1. The summed E-state index contributed by atoms with van der Waals surface area (Å²) in [5, 5.41) is 3.01. The largest absolute Gasteiger partial charge is 0.326 e. The van der Waals surface area contributed by atoms with Crippen molar-refractivity contribution in [3.8, 4) is 0 Å². The maximum atomic E-state index is 12.1. The van der Waals surface area contributed by atoms with Gasteiger partial charge in [0.25, 0.3) is 0 Å². The van der Waals surface area contributed by atoms with E-state index in [1.807, 2.05) is 42.5 Å². The van der Waals surface area contributed by atoms with E-state index in [9.17, 15) is 4.79 Å². The lowest BCUT2D eigenvalue weighted by molar-refractivity contribution is -0.115. The number of para-hydroxylation sites is 1. The minimum absolute atomic E-state index is 0.0104. The van der Waals surface area contributed by atoms with Gasteiger partial charge in [-0.25, -0.2) is 0 Å². The van der Waals surface area contributed by atoms with E-state index >= 15 is 0 Å². The molecule has 2 nitrogen and oxygen atoms in total. The van der Waals surface area contributed by atoms with Crippen molar-refractivity contribution in [3.63, 3.8) is 0 Å². The standard InChI is InChI=1S/C17H18BrNO/c1-12(2)15-8-3-4-9-16(15)19-17(20)11-13-6-5-7-14(18)10-13/h3-10,12H,11H2,1-2H3,(H,19,20). The van der Waals surface area contributed by atoms with Crippen LogP contribution in [0.25, 0.3) is 0 Å². The van der Waals surface area contributed by atoms with Crippen molar-refractivity contribution in [3.05, 3.63) is 64.1 Å². The fraction of sp³-hybridized carbons (Fsp3) is 0.235. The summed E-state index contributed by atoms with van der Waals surface area (Å²) in [5.41, 5.74) is 3.07. The first-order valence-electron chi connectivity index (χ1n) is 6.69. The molecular formula is C17H18BrNO. The second-order valence-corrected chi connectivity index (χ2v) is 6.01. The molecule has 20 heavy (non-hydrogen) atoms. The van der Waals surface area contributed by atoms with Crippen molar-refractivity contribution in [2.45, 2.75) is 26.2 Å². The first-order chi connectivity index (χ1) is 9.56. The van der Waals surface area contributed by atoms with E-state index < -0.39 is 0 Å². The van der Waals surface area contributed by atoms with Crippen molar-refractivity contribution >= 4 is 27.5 Å². The van der Waals surface area contributed by atoms with E-state index in [0.717, 1.165) is 21.3 Å². The Kier molecular flexibility index (Phi) is 4.96. The normalized spacial score (nSPS) is 10.6. The Bertz CT molecular complexity index is 607. The third kappa shape index (κ3) is 3.94. The topological polar surface area (TPSA) is 29.1 Å². The Hall–Kier alpha value is -1.61. The van der Waals surface area contributed by atoms with Crippen LogP contribution < -0.4 is 5.32 Å². The number of carbonyl (C=O) groups excluding carboxylic acids is 1. The van der Waals surface area contributed by atoms with E-state index in [0.29, 0.717) is 12.3 Å². The monoisotopic (exact) mass is 331 g/mol. The lowest BCUT2D eigenvalue weighted by Gasteiger charge is -2.13. The zero-order chi connectivity index (χ0) is 14.5. The Morgan fingerprint density at radius 1 is 1.15 bits per heavy atom. The van der Waals surface area contributed by atoms with E-state index in [2.05, 4.69) is 41.2 Å². The number of halogens is 1. The molecule has 0 aliphatic heterocycles. The minimum atomic E-state index is 0.0104. The van der Waals surface area contributed by atoms with Gasteiger partial charge in [-0.1, -0.05) is 60.1 Å². The molecule has 0 aliphatic carbocycles. The number of nitrogens with one attached hydrogen (secondary N) is 1. The van der Waals surface area contributed by atoms with Crippen molar-refractivity contribution < 1.29 is 4.79 Å². The van der Waals surface area contributed by atoms with E-state index in [4.69, 9.17) is 0 Å². The van der Waals surface area contributed by atoms with Crippen LogP contribution in [0.2, 0.25) is 0 Å². The van der Waals surface area contributed by atoms with Gasteiger partial charge in [0.1, 0.15) is 0 Å². The van der Waals surface area contributed by atoms with Crippen LogP contribution in [-0.4, -0.2) is 5.91 Å². The average molecular weight is 332 g/mol. The lowest BCUT2D eigenvalue weighted by atomic mass is 10.0. The highest BCUT2D eigenvalue weighted by Gasteiger charge is 2.09. The molecule has 0 unspecified atom stereocenters. The van der Waals surface area contributed by atoms with Crippen LogP contribution >= 0.6 is 15.9 Å². The molecule has 3 heteroatoms. The summed E-state index contributed by atoms with van der Waals surface area (Å²) in [6, 6.07) is 15.8. The predicted molar refractivity (Wildman–Crippen MR) is 87.0 cm³/mol. The third-order valence-corrected chi connectivity index (χ3v) is 3.60. The summed E-state index contributed by atoms with van der Waals surface area (Å²) in [4.78, 5) is 12.1. The quantitative estimate of drug-likeness (QED) is 0.860. The summed E-state index contributed by atoms with van der Waals surface area (Å²) >= 11 is 3.42. The molecule has 1 amide bonds. The maximum absolute atomic E-state index is 12.1. The van der Waals surface area contributed by atoms with Gasteiger partial charge in [0.15, 0.2) is 0 Å². The van der Waals surface area contributed by atoms with Crippen molar-refractivity contribution in [2.24, 2.45) is 0 Å². The highest BCUT2D eigenvalue weighted by molar-refractivity contribution is 9.10. The maximum Gasteiger partial charge on any atom is 0.228 e. The van der Waals surface area contributed by atoms with Crippen LogP contribution in [0.15, 0.2) is 53.0 Å². The number of carbonyl (C=O) groups is 1. The molecule has 0 spiro atoms. The van der Waals surface area contributed by atoms with Gasteiger partial charge >= 0.3 is 0 Å². The fourth-order valence-electron chi connectivity index (χ4n) is 2.14. The summed E-state index contributed by atoms with van der Waals surface area (Å²) in [7, 11) is 0. The van der Waals surface area contributed by atoms with Gasteiger partial charge in [0, 0.05) is 10.2 Å². The van der Waals surface area contributed by atoms with E-state index in [1.165, 1.54) is 0 Å². The number of hydrogen-bond donors (Lipinski definition) is 1. The molecule has 0 bridgehead atoms. The summed E-state index contributed by atoms with van der Waals surface area (Å²) in [6.07, 6.45) is 0.381. The van der Waals surface area contributed by atoms with Crippen LogP contribution in [0.4, 0.5) is 5.69 Å². The minimum Gasteiger partial charge on any atom is -0.326 e. The predicted octanol–water partition coefficient (Wildman–Crippen LogP) is 4.75. The van der Waals surface area contributed by atoms with Crippen LogP contribution in [0.1, 0.15) is 30.9 Å².